The molecule has 0 saturated heterocycles. The Morgan fingerprint density at radius 2 is 0.568 bits per heavy atom. The van der Waals surface area contributed by atoms with Gasteiger partial charge in [-0.1, -0.05) is 267 Å². The lowest BCUT2D eigenvalue weighted by Crippen LogP contribution is -2.43. The first-order chi connectivity index (χ1) is 36.1. The van der Waals surface area contributed by atoms with Crippen LogP contribution in [-0.4, -0.2) is 34.5 Å². The van der Waals surface area contributed by atoms with Gasteiger partial charge < -0.3 is 18.9 Å². The van der Waals surface area contributed by atoms with Crippen LogP contribution < -0.4 is 18.9 Å². The molecule has 0 bridgehead atoms. The van der Waals surface area contributed by atoms with E-state index in [2.05, 4.69) is 122 Å². The monoisotopic (exact) mass is 1030 g/mol. The van der Waals surface area contributed by atoms with Crippen LogP contribution in [0.3, 0.4) is 0 Å². The molecular weight excluding hydrogens is 921 g/mol. The van der Waals surface area contributed by atoms with Crippen LogP contribution in [0.1, 0.15) is 297 Å². The summed E-state index contributed by atoms with van der Waals surface area (Å²) in [5.41, 5.74) is 8.77. The molecular formula is C69H110O4Si. The minimum absolute atomic E-state index is 0.518. The number of rotatable bonds is 43. The summed E-state index contributed by atoms with van der Waals surface area (Å²) in [6, 6.07) is 8.27. The van der Waals surface area contributed by atoms with Crippen molar-refractivity contribution < 1.29 is 18.9 Å². The van der Waals surface area contributed by atoms with Crippen molar-refractivity contribution in [3.63, 3.8) is 0 Å². The molecule has 0 atom stereocenters. The van der Waals surface area contributed by atoms with Crippen LogP contribution >= 0.6 is 0 Å². The predicted molar refractivity (Wildman–Crippen MR) is 325 cm³/mol. The lowest BCUT2D eigenvalue weighted by Gasteiger charge is -2.38. The van der Waals surface area contributed by atoms with Gasteiger partial charge in [0.25, 0.3) is 0 Å². The number of hydrogen-bond donors (Lipinski definition) is 0. The van der Waals surface area contributed by atoms with E-state index in [1.165, 1.54) is 154 Å². The summed E-state index contributed by atoms with van der Waals surface area (Å²) in [5, 5.41) is 0. The first kappa shape index (κ1) is 66.2. The van der Waals surface area contributed by atoms with Crippen LogP contribution in [0, 0.1) is 47.5 Å². The van der Waals surface area contributed by atoms with Gasteiger partial charge in [0.15, 0.2) is 0 Å². The third kappa shape index (κ3) is 27.8. The quantitative estimate of drug-likeness (QED) is 0.0377. The van der Waals surface area contributed by atoms with Gasteiger partial charge in [0.1, 0.15) is 31.1 Å². The Morgan fingerprint density at radius 1 is 0.338 bits per heavy atom. The largest absolute Gasteiger partial charge is 0.492 e. The number of ether oxygens (including phenoxy) is 4. The second-order valence-electron chi connectivity index (χ2n) is 22.3. The van der Waals surface area contributed by atoms with Gasteiger partial charge in [-0.05, 0) is 60.1 Å². The van der Waals surface area contributed by atoms with E-state index in [4.69, 9.17) is 25.4 Å². The highest BCUT2D eigenvalue weighted by Gasteiger charge is 2.41. The molecule has 2 aromatic carbocycles. The smallest absolute Gasteiger partial charge is 0.146 e. The molecule has 74 heavy (non-hydrogen) atoms. The minimum Gasteiger partial charge on any atom is -0.492 e. The van der Waals surface area contributed by atoms with Crippen molar-refractivity contribution in [2.24, 2.45) is 0 Å². The van der Waals surface area contributed by atoms with E-state index in [1.54, 1.807) is 0 Å². The molecule has 2 aromatic rings. The maximum absolute atomic E-state index is 6.79. The second kappa shape index (κ2) is 43.2. The standard InChI is InChI=1S/C69H110O4Si/c1-12-17-22-26-30-34-38-42-50-70-66-56-63(67(55-62(66)46-21-16-5)71-51-43-39-35-31-27-23-18-13-2)47-48-64-57-69(73-53-45-41-37-33-29-25-20-15-4)65(49-54-74(59(6)7,60(8)9)61(10)11)58-68(64)72-52-44-40-36-32-28-24-19-14-3/h5,55-61H,12-15,17-20,22-45,50-53H2,1-4,6-11H3. The molecule has 5 heteroatoms. The van der Waals surface area contributed by atoms with Crippen molar-refractivity contribution >= 4 is 8.07 Å². The van der Waals surface area contributed by atoms with Gasteiger partial charge in [-0.25, -0.2) is 0 Å². The van der Waals surface area contributed by atoms with Crippen molar-refractivity contribution in [3.05, 3.63) is 46.5 Å². The molecule has 2 rings (SSSR count). The van der Waals surface area contributed by atoms with Gasteiger partial charge in [0.05, 0.1) is 48.7 Å². The van der Waals surface area contributed by atoms with Crippen LogP contribution in [0.15, 0.2) is 24.3 Å². The minimum atomic E-state index is -2.05. The van der Waals surface area contributed by atoms with Crippen molar-refractivity contribution in [1.82, 2.24) is 0 Å². The Balaban J connectivity index is 2.72. The molecule has 0 spiro atoms. The Bertz CT molecular complexity index is 1970. The van der Waals surface area contributed by atoms with E-state index in [0.717, 1.165) is 85.1 Å². The first-order valence-electron chi connectivity index (χ1n) is 31.0. The lowest BCUT2D eigenvalue weighted by molar-refractivity contribution is 0.294. The van der Waals surface area contributed by atoms with Crippen molar-refractivity contribution in [2.75, 3.05) is 26.4 Å². The molecule has 0 aromatic heterocycles. The molecule has 4 nitrogen and oxygen atoms in total. The summed E-state index contributed by atoms with van der Waals surface area (Å²) in [6.07, 6.45) is 45.4. The third-order valence-electron chi connectivity index (χ3n) is 15.1. The van der Waals surface area contributed by atoms with Gasteiger partial charge in [-0.15, -0.1) is 12.0 Å². The molecule has 0 aliphatic carbocycles. The van der Waals surface area contributed by atoms with Crippen LogP contribution in [0.4, 0.5) is 0 Å². The molecule has 0 unspecified atom stereocenters. The number of unbranched alkanes of at least 4 members (excludes halogenated alkanes) is 28. The summed E-state index contributed by atoms with van der Waals surface area (Å²) in [4.78, 5) is 0. The van der Waals surface area contributed by atoms with Crippen LogP contribution in [0.2, 0.25) is 16.6 Å². The molecule has 414 valence electrons. The van der Waals surface area contributed by atoms with E-state index in [-0.39, 0.29) is 0 Å². The Labute approximate surface area is 459 Å². The Kier molecular flexibility index (Phi) is 38.7. The average molecular weight is 1030 g/mol. The second-order valence-corrected chi connectivity index (χ2v) is 27.9. The van der Waals surface area contributed by atoms with E-state index in [0.29, 0.717) is 54.6 Å². The van der Waals surface area contributed by atoms with Crippen molar-refractivity contribution in [2.45, 2.75) is 291 Å². The van der Waals surface area contributed by atoms with Crippen molar-refractivity contribution in [3.8, 4) is 70.5 Å². The van der Waals surface area contributed by atoms with Gasteiger partial charge in [0.2, 0.25) is 0 Å². The average Bonchev–Trinajstić information content (AvgIpc) is 3.38. The van der Waals surface area contributed by atoms with Gasteiger partial charge in [-0.2, -0.15) is 0 Å². The maximum Gasteiger partial charge on any atom is 0.146 e. The zero-order valence-electron chi connectivity index (χ0n) is 49.7. The topological polar surface area (TPSA) is 36.9 Å². The highest BCUT2D eigenvalue weighted by atomic mass is 28.3. The number of benzene rings is 2. The zero-order valence-corrected chi connectivity index (χ0v) is 50.7. The lowest BCUT2D eigenvalue weighted by atomic mass is 10.1. The molecule has 0 aliphatic rings. The zero-order chi connectivity index (χ0) is 53.9. The van der Waals surface area contributed by atoms with Gasteiger partial charge in [0, 0.05) is 24.3 Å². The Morgan fingerprint density at radius 3 is 0.811 bits per heavy atom. The van der Waals surface area contributed by atoms with Crippen LogP contribution in [-0.2, 0) is 0 Å². The maximum atomic E-state index is 6.79. The van der Waals surface area contributed by atoms with Crippen molar-refractivity contribution in [1.29, 1.82) is 0 Å². The third-order valence-corrected chi connectivity index (χ3v) is 21.4. The van der Waals surface area contributed by atoms with E-state index in [1.807, 2.05) is 12.1 Å². The fourth-order valence-corrected chi connectivity index (χ4v) is 15.7. The van der Waals surface area contributed by atoms with E-state index < -0.39 is 8.07 Å². The number of hydrogen-bond acceptors (Lipinski definition) is 4. The molecule has 0 N–H and O–H groups in total. The SMILES string of the molecule is C#CC#Cc1cc(OCCCCCCCCCC)c(C#Cc2cc(OCCCCCCCCCC)c(C#C[Si](C(C)C)(C(C)C)C(C)C)cc2OCCCCCCCCCC)cc1OCCCCCCCCCC. The van der Waals surface area contributed by atoms with E-state index in [9.17, 15) is 0 Å². The van der Waals surface area contributed by atoms with Crippen LogP contribution in [0.25, 0.3) is 0 Å². The normalized spacial score (nSPS) is 11.2. The highest BCUT2D eigenvalue weighted by Crippen LogP contribution is 2.41. The molecule has 0 heterocycles. The van der Waals surface area contributed by atoms with Gasteiger partial charge in [-0.3, -0.25) is 0 Å². The molecule has 0 aliphatic heterocycles. The summed E-state index contributed by atoms with van der Waals surface area (Å²) in [5.74, 6) is 22.5. The van der Waals surface area contributed by atoms with Gasteiger partial charge >= 0.3 is 0 Å². The summed E-state index contributed by atoms with van der Waals surface area (Å²) < 4.78 is 26.8. The molecule has 0 fully saturated rings. The fraction of sp³-hybridized carbons (Fsp3) is 0.710. The predicted octanol–water partition coefficient (Wildman–Crippen LogP) is 20.7. The Hall–Kier alpha value is -3.90. The fourth-order valence-electron chi connectivity index (χ4n) is 10.5. The molecule has 0 radical (unpaired) electrons. The summed E-state index contributed by atoms with van der Waals surface area (Å²) in [6.45, 7) is 25.9. The number of terminal acetylenes is 1. The van der Waals surface area contributed by atoms with Crippen LogP contribution in [0.5, 0.6) is 23.0 Å². The van der Waals surface area contributed by atoms with E-state index >= 15 is 0 Å². The molecule has 0 amide bonds. The summed E-state index contributed by atoms with van der Waals surface area (Å²) in [7, 11) is -2.05. The molecule has 0 saturated carbocycles. The first-order valence-corrected chi connectivity index (χ1v) is 33.2. The highest BCUT2D eigenvalue weighted by molar-refractivity contribution is 6.90. The summed E-state index contributed by atoms with van der Waals surface area (Å²) >= 11 is 0.